The minimum absolute atomic E-state index is 0.360. The van der Waals surface area contributed by atoms with Crippen LogP contribution in [0.15, 0.2) is 30.3 Å². The van der Waals surface area contributed by atoms with Crippen molar-refractivity contribution in [1.82, 2.24) is 5.32 Å². The molecule has 0 amide bonds. The molecule has 2 unspecified atom stereocenters. The minimum atomic E-state index is 0.360. The molecule has 1 aliphatic carbocycles. The first-order valence-corrected chi connectivity index (χ1v) is 7.46. The molecule has 1 aliphatic rings. The van der Waals surface area contributed by atoms with E-state index in [0.29, 0.717) is 17.6 Å². The summed E-state index contributed by atoms with van der Waals surface area (Å²) in [6.07, 6.45) is 5.04. The quantitative estimate of drug-likeness (QED) is 0.792. The Hall–Kier alpha value is -0.860. The van der Waals surface area contributed by atoms with Crippen LogP contribution >= 0.6 is 0 Å². The second kappa shape index (κ2) is 6.53. The van der Waals surface area contributed by atoms with Gasteiger partial charge in [-0.1, -0.05) is 44.2 Å². The van der Waals surface area contributed by atoms with Gasteiger partial charge in [-0.05, 0) is 43.7 Å². The molecule has 2 nitrogen and oxygen atoms in total. The molecule has 1 saturated carbocycles. The summed E-state index contributed by atoms with van der Waals surface area (Å²) in [4.78, 5) is 0. The molecule has 2 atom stereocenters. The van der Waals surface area contributed by atoms with Crippen LogP contribution in [0.5, 0.6) is 0 Å². The topological polar surface area (TPSA) is 21.3 Å². The van der Waals surface area contributed by atoms with Crippen LogP contribution < -0.4 is 5.32 Å². The average Bonchev–Trinajstić information content (AvgIpc) is 2.70. The molecular formula is C17H27NO. The van der Waals surface area contributed by atoms with Crippen molar-refractivity contribution in [3.05, 3.63) is 35.9 Å². The van der Waals surface area contributed by atoms with Crippen LogP contribution in [-0.4, -0.2) is 25.8 Å². The van der Waals surface area contributed by atoms with Crippen LogP contribution in [0.2, 0.25) is 0 Å². The first-order valence-electron chi connectivity index (χ1n) is 7.46. The van der Waals surface area contributed by atoms with Gasteiger partial charge < -0.3 is 10.1 Å². The molecule has 0 radical (unpaired) electrons. The highest BCUT2D eigenvalue weighted by Crippen LogP contribution is 2.38. The molecule has 106 valence electrons. The first-order chi connectivity index (χ1) is 9.13. The summed E-state index contributed by atoms with van der Waals surface area (Å²) in [5, 5.41) is 3.44. The summed E-state index contributed by atoms with van der Waals surface area (Å²) in [5.74, 6) is 0. The lowest BCUT2D eigenvalue weighted by Crippen LogP contribution is -2.43. The number of ether oxygens (including phenoxy) is 1. The van der Waals surface area contributed by atoms with Crippen LogP contribution in [0, 0.1) is 5.41 Å². The van der Waals surface area contributed by atoms with E-state index in [1.54, 1.807) is 0 Å². The molecule has 0 heterocycles. The van der Waals surface area contributed by atoms with Gasteiger partial charge in [0.05, 0.1) is 6.10 Å². The fraction of sp³-hybridized carbons (Fsp3) is 0.647. The molecule has 1 aromatic carbocycles. The van der Waals surface area contributed by atoms with E-state index in [1.165, 1.54) is 18.4 Å². The number of hydrogen-bond acceptors (Lipinski definition) is 2. The highest BCUT2D eigenvalue weighted by atomic mass is 16.5. The van der Waals surface area contributed by atoms with E-state index in [2.05, 4.69) is 56.5 Å². The zero-order chi connectivity index (χ0) is 13.7. The van der Waals surface area contributed by atoms with Gasteiger partial charge in [0.1, 0.15) is 0 Å². The molecule has 0 aliphatic heterocycles. The summed E-state index contributed by atoms with van der Waals surface area (Å²) in [5.41, 5.74) is 1.77. The zero-order valence-electron chi connectivity index (χ0n) is 12.5. The summed E-state index contributed by atoms with van der Waals surface area (Å²) in [6, 6.07) is 11.1. The van der Waals surface area contributed by atoms with Crippen molar-refractivity contribution in [2.75, 3.05) is 13.7 Å². The molecule has 1 N–H and O–H groups in total. The van der Waals surface area contributed by atoms with Crippen LogP contribution in [0.1, 0.15) is 38.7 Å². The van der Waals surface area contributed by atoms with E-state index >= 15 is 0 Å². The zero-order valence-corrected chi connectivity index (χ0v) is 12.5. The van der Waals surface area contributed by atoms with Crippen molar-refractivity contribution in [2.45, 2.75) is 51.7 Å². The third-order valence-corrected chi connectivity index (χ3v) is 4.38. The Balaban J connectivity index is 1.71. The molecule has 19 heavy (non-hydrogen) atoms. The van der Waals surface area contributed by atoms with Gasteiger partial charge in [-0.3, -0.25) is 0 Å². The summed E-state index contributed by atoms with van der Waals surface area (Å²) < 4.78 is 6.10. The number of rotatable bonds is 6. The maximum Gasteiger partial charge on any atom is 0.0733 e. The molecular weight excluding hydrogens is 234 g/mol. The lowest BCUT2D eigenvalue weighted by Gasteiger charge is -2.30. The van der Waals surface area contributed by atoms with E-state index in [-0.39, 0.29) is 0 Å². The summed E-state index contributed by atoms with van der Waals surface area (Å²) >= 11 is 0. The highest BCUT2D eigenvalue weighted by Gasteiger charge is 2.41. The van der Waals surface area contributed by atoms with Gasteiger partial charge in [-0.2, -0.15) is 0 Å². The van der Waals surface area contributed by atoms with Crippen LogP contribution in [0.25, 0.3) is 0 Å². The van der Waals surface area contributed by atoms with Crippen molar-refractivity contribution < 1.29 is 4.74 Å². The van der Waals surface area contributed by atoms with E-state index in [0.717, 1.165) is 19.4 Å². The van der Waals surface area contributed by atoms with Gasteiger partial charge in [-0.25, -0.2) is 0 Å². The largest absolute Gasteiger partial charge is 0.377 e. The predicted molar refractivity (Wildman–Crippen MR) is 80.4 cm³/mol. The molecule has 0 saturated heterocycles. The van der Waals surface area contributed by atoms with Gasteiger partial charge in [0.2, 0.25) is 0 Å². The molecule has 1 fully saturated rings. The normalized spacial score (nSPS) is 25.6. The molecule has 0 aromatic heterocycles. The van der Waals surface area contributed by atoms with Gasteiger partial charge in [0, 0.05) is 12.6 Å². The van der Waals surface area contributed by atoms with E-state index in [1.807, 2.05) is 0 Å². The van der Waals surface area contributed by atoms with Gasteiger partial charge in [-0.15, -0.1) is 0 Å². The lowest BCUT2D eigenvalue weighted by molar-refractivity contribution is 0.0278. The molecule has 2 rings (SSSR count). The minimum Gasteiger partial charge on any atom is -0.377 e. The fourth-order valence-electron chi connectivity index (χ4n) is 3.25. The fourth-order valence-corrected chi connectivity index (χ4v) is 3.25. The monoisotopic (exact) mass is 261 g/mol. The van der Waals surface area contributed by atoms with Crippen molar-refractivity contribution >= 4 is 0 Å². The Bertz CT molecular complexity index is 374. The SMILES string of the molecule is CNC1C(OCCCc2ccccc2)CCC1(C)C. The number of benzene rings is 1. The molecule has 2 heteroatoms. The molecule has 0 spiro atoms. The maximum absolute atomic E-state index is 6.10. The first kappa shape index (κ1) is 14.5. The highest BCUT2D eigenvalue weighted by molar-refractivity contribution is 5.14. The Morgan fingerprint density at radius 2 is 2.00 bits per heavy atom. The second-order valence-electron chi connectivity index (χ2n) is 6.29. The van der Waals surface area contributed by atoms with Crippen molar-refractivity contribution in [3.63, 3.8) is 0 Å². The number of likely N-dealkylation sites (N-methyl/N-ethyl adjacent to an activating group) is 1. The predicted octanol–water partition coefficient (Wildman–Crippen LogP) is 3.41. The Morgan fingerprint density at radius 3 is 2.68 bits per heavy atom. The lowest BCUT2D eigenvalue weighted by atomic mass is 9.87. The Morgan fingerprint density at radius 1 is 1.26 bits per heavy atom. The average molecular weight is 261 g/mol. The summed E-state index contributed by atoms with van der Waals surface area (Å²) in [7, 11) is 2.05. The molecule has 1 aromatic rings. The molecule has 0 bridgehead atoms. The van der Waals surface area contributed by atoms with Crippen molar-refractivity contribution in [1.29, 1.82) is 0 Å². The summed E-state index contributed by atoms with van der Waals surface area (Å²) in [6.45, 7) is 5.54. The van der Waals surface area contributed by atoms with Crippen LogP contribution in [0.4, 0.5) is 0 Å². The number of nitrogens with one attached hydrogen (secondary N) is 1. The third-order valence-electron chi connectivity index (χ3n) is 4.38. The van der Waals surface area contributed by atoms with E-state index < -0.39 is 0 Å². The van der Waals surface area contributed by atoms with Gasteiger partial charge >= 0.3 is 0 Å². The second-order valence-corrected chi connectivity index (χ2v) is 6.29. The number of aryl methyl sites for hydroxylation is 1. The standard InChI is InChI=1S/C17H27NO/c1-17(2)12-11-15(16(17)18-3)19-13-7-10-14-8-5-4-6-9-14/h4-6,8-9,15-16,18H,7,10-13H2,1-3H3. The van der Waals surface area contributed by atoms with E-state index in [9.17, 15) is 0 Å². The van der Waals surface area contributed by atoms with E-state index in [4.69, 9.17) is 4.74 Å². The number of hydrogen-bond donors (Lipinski definition) is 1. The third kappa shape index (κ3) is 3.80. The maximum atomic E-state index is 6.10. The Kier molecular flexibility index (Phi) is 5.00. The van der Waals surface area contributed by atoms with Crippen LogP contribution in [-0.2, 0) is 11.2 Å². The van der Waals surface area contributed by atoms with Gasteiger partial charge in [0.15, 0.2) is 0 Å². The van der Waals surface area contributed by atoms with Crippen LogP contribution in [0.3, 0.4) is 0 Å². The van der Waals surface area contributed by atoms with Gasteiger partial charge in [0.25, 0.3) is 0 Å². The smallest absolute Gasteiger partial charge is 0.0733 e. The Labute approximate surface area is 117 Å². The van der Waals surface area contributed by atoms with Crippen molar-refractivity contribution in [3.8, 4) is 0 Å². The van der Waals surface area contributed by atoms with Crippen molar-refractivity contribution in [2.24, 2.45) is 5.41 Å².